The summed E-state index contributed by atoms with van der Waals surface area (Å²) in [4.78, 5) is 4.02. The molecule has 3 aromatic rings. The summed E-state index contributed by atoms with van der Waals surface area (Å²) in [5.41, 5.74) is 2.48. The van der Waals surface area contributed by atoms with Crippen molar-refractivity contribution in [3.8, 4) is 17.0 Å². The first kappa shape index (κ1) is 13.4. The predicted octanol–water partition coefficient (Wildman–Crippen LogP) is 3.27. The number of benzene rings is 1. The number of phenols is 1. The van der Waals surface area contributed by atoms with E-state index < -0.39 is 0 Å². The summed E-state index contributed by atoms with van der Waals surface area (Å²) in [7, 11) is 0. The lowest BCUT2D eigenvalue weighted by atomic mass is 10.0. The van der Waals surface area contributed by atoms with E-state index in [-0.39, 0.29) is 5.75 Å². The number of aromatic nitrogens is 3. The van der Waals surface area contributed by atoms with Crippen LogP contribution in [-0.4, -0.2) is 19.8 Å². The Morgan fingerprint density at radius 3 is 2.86 bits per heavy atom. The Hall–Kier alpha value is -2.56. The molecule has 2 aromatic heterocycles. The van der Waals surface area contributed by atoms with Gasteiger partial charge in [-0.25, -0.2) is 4.98 Å². The maximum absolute atomic E-state index is 10.1. The second-order valence-corrected chi connectivity index (χ2v) is 4.99. The largest absolute Gasteiger partial charge is 0.507 e. The fourth-order valence-corrected chi connectivity index (χ4v) is 2.34. The van der Waals surface area contributed by atoms with Crippen molar-refractivity contribution in [3.05, 3.63) is 54.8 Å². The first-order chi connectivity index (χ1) is 10.3. The molecule has 0 fully saturated rings. The zero-order valence-electron chi connectivity index (χ0n) is 11.6. The zero-order chi connectivity index (χ0) is 14.5. The van der Waals surface area contributed by atoms with Gasteiger partial charge in [0.2, 0.25) is 0 Å². The van der Waals surface area contributed by atoms with Crippen molar-refractivity contribution in [1.82, 2.24) is 14.7 Å². The van der Waals surface area contributed by atoms with Crippen LogP contribution in [0.3, 0.4) is 0 Å². The Bertz CT molecular complexity index is 676. The topological polar surface area (TPSA) is 64.1 Å². The fourth-order valence-electron chi connectivity index (χ4n) is 2.34. The number of aromatic hydroxyl groups is 1. The second-order valence-electron chi connectivity index (χ2n) is 4.99. The van der Waals surface area contributed by atoms with Gasteiger partial charge in [-0.2, -0.15) is 0 Å². The minimum absolute atomic E-state index is 0.246. The number of nitrogens with zero attached hydrogens (tertiary/aromatic N) is 3. The van der Waals surface area contributed by atoms with Gasteiger partial charge in [0.1, 0.15) is 17.7 Å². The number of aryl methyl sites for hydroxylation is 2. The second kappa shape index (κ2) is 6.26. The highest BCUT2D eigenvalue weighted by atomic mass is 16.5. The van der Waals surface area contributed by atoms with Crippen LogP contribution in [0.2, 0.25) is 0 Å². The van der Waals surface area contributed by atoms with E-state index in [1.807, 2.05) is 24.7 Å². The van der Waals surface area contributed by atoms with Crippen LogP contribution < -0.4 is 0 Å². The van der Waals surface area contributed by atoms with E-state index in [4.69, 9.17) is 4.52 Å². The first-order valence-corrected chi connectivity index (χ1v) is 7.01. The molecule has 1 N–H and O–H groups in total. The van der Waals surface area contributed by atoms with Gasteiger partial charge in [-0.15, -0.1) is 0 Å². The third-order valence-electron chi connectivity index (χ3n) is 3.47. The van der Waals surface area contributed by atoms with Gasteiger partial charge >= 0.3 is 0 Å². The standard InChI is InChI=1S/C16H17N3O2/c20-16-11-13(3-1-2-8-19-9-7-17-12-19)4-5-14(16)15-6-10-21-18-15/h4-7,9-12,20H,1-3,8H2. The molecule has 5 heteroatoms. The normalized spacial score (nSPS) is 10.9. The number of imidazole rings is 1. The monoisotopic (exact) mass is 283 g/mol. The average Bonchev–Trinajstić information content (AvgIpc) is 3.17. The lowest BCUT2D eigenvalue weighted by Gasteiger charge is -2.06. The third-order valence-corrected chi connectivity index (χ3v) is 3.47. The number of hydrogen-bond donors (Lipinski definition) is 1. The summed E-state index contributed by atoms with van der Waals surface area (Å²) < 4.78 is 6.87. The molecule has 0 aliphatic heterocycles. The Kier molecular flexibility index (Phi) is 4.00. The average molecular weight is 283 g/mol. The summed E-state index contributed by atoms with van der Waals surface area (Å²) >= 11 is 0. The molecule has 0 aliphatic carbocycles. The number of rotatable bonds is 6. The van der Waals surface area contributed by atoms with Crippen molar-refractivity contribution in [3.63, 3.8) is 0 Å². The van der Waals surface area contributed by atoms with E-state index in [0.29, 0.717) is 11.3 Å². The number of unbranched alkanes of at least 4 members (excludes halogenated alkanes) is 1. The lowest BCUT2D eigenvalue weighted by Crippen LogP contribution is -1.95. The summed E-state index contributed by atoms with van der Waals surface area (Å²) in [5.74, 6) is 0.246. The molecule has 0 radical (unpaired) electrons. The maximum atomic E-state index is 10.1. The maximum Gasteiger partial charge on any atom is 0.125 e. The van der Waals surface area contributed by atoms with Gasteiger partial charge in [-0.3, -0.25) is 0 Å². The highest BCUT2D eigenvalue weighted by Crippen LogP contribution is 2.29. The van der Waals surface area contributed by atoms with Gasteiger partial charge < -0.3 is 14.2 Å². The van der Waals surface area contributed by atoms with E-state index >= 15 is 0 Å². The van der Waals surface area contributed by atoms with Gasteiger partial charge in [0.25, 0.3) is 0 Å². The van der Waals surface area contributed by atoms with Crippen molar-refractivity contribution in [2.75, 3.05) is 0 Å². The van der Waals surface area contributed by atoms with Crippen LogP contribution >= 0.6 is 0 Å². The van der Waals surface area contributed by atoms with E-state index in [0.717, 1.165) is 31.4 Å². The Balaban J connectivity index is 1.55. The summed E-state index contributed by atoms with van der Waals surface area (Å²) in [6.45, 7) is 0.975. The third kappa shape index (κ3) is 3.31. The van der Waals surface area contributed by atoms with Crippen LogP contribution in [-0.2, 0) is 13.0 Å². The number of hydrogen-bond acceptors (Lipinski definition) is 4. The molecule has 0 aliphatic rings. The highest BCUT2D eigenvalue weighted by Gasteiger charge is 2.07. The minimum Gasteiger partial charge on any atom is -0.507 e. The van der Waals surface area contributed by atoms with Crippen LogP contribution in [0.25, 0.3) is 11.3 Å². The SMILES string of the molecule is Oc1cc(CCCCn2ccnc2)ccc1-c1ccon1. The Labute approximate surface area is 122 Å². The molecule has 0 saturated carbocycles. The summed E-state index contributed by atoms with van der Waals surface area (Å²) in [5, 5.41) is 13.9. The molecular weight excluding hydrogens is 266 g/mol. The highest BCUT2D eigenvalue weighted by molar-refractivity contribution is 5.66. The molecule has 0 spiro atoms. The molecule has 3 rings (SSSR count). The molecule has 5 nitrogen and oxygen atoms in total. The van der Waals surface area contributed by atoms with Gasteiger partial charge in [0, 0.05) is 30.6 Å². The summed E-state index contributed by atoms with van der Waals surface area (Å²) in [6.07, 6.45) is 10.2. The first-order valence-electron chi connectivity index (χ1n) is 7.01. The van der Waals surface area contributed by atoms with Crippen molar-refractivity contribution in [1.29, 1.82) is 0 Å². The molecule has 0 atom stereocenters. The molecular formula is C16H17N3O2. The van der Waals surface area contributed by atoms with E-state index in [2.05, 4.69) is 14.7 Å². The molecule has 108 valence electrons. The molecule has 21 heavy (non-hydrogen) atoms. The Morgan fingerprint density at radius 1 is 1.19 bits per heavy atom. The van der Waals surface area contributed by atoms with Crippen LogP contribution in [0.15, 0.2) is 53.8 Å². The van der Waals surface area contributed by atoms with Gasteiger partial charge in [0.15, 0.2) is 0 Å². The quantitative estimate of drug-likeness (QED) is 0.705. The van der Waals surface area contributed by atoms with E-state index in [1.165, 1.54) is 6.26 Å². The van der Waals surface area contributed by atoms with Gasteiger partial charge in [0.05, 0.1) is 6.33 Å². The van der Waals surface area contributed by atoms with Crippen molar-refractivity contribution in [2.45, 2.75) is 25.8 Å². The molecule has 1 aromatic carbocycles. The smallest absolute Gasteiger partial charge is 0.125 e. The van der Waals surface area contributed by atoms with Crippen LogP contribution in [0, 0.1) is 0 Å². The fraction of sp³-hybridized carbons (Fsp3) is 0.250. The number of phenolic OH excluding ortho intramolecular Hbond substituents is 1. The van der Waals surface area contributed by atoms with Crippen molar-refractivity contribution in [2.24, 2.45) is 0 Å². The molecule has 0 bridgehead atoms. The lowest BCUT2D eigenvalue weighted by molar-refractivity contribution is 0.421. The minimum atomic E-state index is 0.246. The van der Waals surface area contributed by atoms with E-state index in [9.17, 15) is 5.11 Å². The van der Waals surface area contributed by atoms with Gasteiger partial charge in [-0.1, -0.05) is 11.2 Å². The Morgan fingerprint density at radius 2 is 2.14 bits per heavy atom. The van der Waals surface area contributed by atoms with Crippen LogP contribution in [0.5, 0.6) is 5.75 Å². The van der Waals surface area contributed by atoms with Crippen LogP contribution in [0.4, 0.5) is 0 Å². The van der Waals surface area contributed by atoms with E-state index in [1.54, 1.807) is 18.3 Å². The van der Waals surface area contributed by atoms with Crippen molar-refractivity contribution < 1.29 is 9.63 Å². The predicted molar refractivity (Wildman–Crippen MR) is 78.8 cm³/mol. The zero-order valence-corrected chi connectivity index (χ0v) is 11.6. The van der Waals surface area contributed by atoms with Gasteiger partial charge in [-0.05, 0) is 37.0 Å². The van der Waals surface area contributed by atoms with Crippen LogP contribution in [0.1, 0.15) is 18.4 Å². The summed E-state index contributed by atoms with van der Waals surface area (Å²) in [6, 6.07) is 7.46. The van der Waals surface area contributed by atoms with Crippen molar-refractivity contribution >= 4 is 0 Å². The molecule has 2 heterocycles. The molecule has 0 amide bonds. The molecule has 0 saturated heterocycles. The molecule has 0 unspecified atom stereocenters.